The van der Waals surface area contributed by atoms with Gasteiger partial charge in [0.05, 0.1) is 17.9 Å². The van der Waals surface area contributed by atoms with E-state index in [1.807, 2.05) is 6.20 Å². The van der Waals surface area contributed by atoms with Gasteiger partial charge < -0.3 is 10.6 Å². The van der Waals surface area contributed by atoms with Crippen LogP contribution >= 0.6 is 0 Å². The fraction of sp³-hybridized carbons (Fsp3) is 0.556. The molecular weight excluding hydrogens is 286 g/mol. The maximum absolute atomic E-state index is 5.77. The highest BCUT2D eigenvalue weighted by atomic mass is 15.3. The van der Waals surface area contributed by atoms with Crippen molar-refractivity contribution < 1.29 is 0 Å². The van der Waals surface area contributed by atoms with Crippen LogP contribution in [0.25, 0.3) is 11.3 Å². The van der Waals surface area contributed by atoms with E-state index in [1.165, 1.54) is 19.3 Å². The SMILES string of the molecule is CC(CN)C1CC(n2cc(-c3cccc(N4CCC4)n3)cn2)C1. The monoisotopic (exact) mass is 311 g/mol. The second-order valence-electron chi connectivity index (χ2n) is 7.03. The summed E-state index contributed by atoms with van der Waals surface area (Å²) >= 11 is 0. The maximum atomic E-state index is 5.77. The van der Waals surface area contributed by atoms with Crippen molar-refractivity contribution in [2.75, 3.05) is 24.5 Å². The molecule has 5 heteroatoms. The molecule has 23 heavy (non-hydrogen) atoms. The topological polar surface area (TPSA) is 60.0 Å². The van der Waals surface area contributed by atoms with Gasteiger partial charge in [0.1, 0.15) is 5.82 Å². The maximum Gasteiger partial charge on any atom is 0.129 e. The third kappa shape index (κ3) is 2.74. The molecule has 2 aromatic heterocycles. The molecule has 0 radical (unpaired) electrons. The first-order valence-electron chi connectivity index (χ1n) is 8.71. The van der Waals surface area contributed by atoms with Gasteiger partial charge in [0.25, 0.3) is 0 Å². The Balaban J connectivity index is 1.46. The smallest absolute Gasteiger partial charge is 0.129 e. The molecule has 2 aliphatic rings. The fourth-order valence-corrected chi connectivity index (χ4v) is 3.48. The third-order valence-electron chi connectivity index (χ3n) is 5.51. The van der Waals surface area contributed by atoms with E-state index < -0.39 is 0 Å². The van der Waals surface area contributed by atoms with Crippen LogP contribution < -0.4 is 10.6 Å². The number of nitrogens with zero attached hydrogens (tertiary/aromatic N) is 4. The molecule has 2 N–H and O–H groups in total. The summed E-state index contributed by atoms with van der Waals surface area (Å²) < 4.78 is 2.12. The Labute approximate surface area is 137 Å². The van der Waals surface area contributed by atoms with Crippen LogP contribution in [0.4, 0.5) is 5.82 Å². The quantitative estimate of drug-likeness (QED) is 0.922. The highest BCUT2D eigenvalue weighted by Crippen LogP contribution is 2.42. The van der Waals surface area contributed by atoms with E-state index in [1.54, 1.807) is 0 Å². The van der Waals surface area contributed by atoms with Crippen LogP contribution in [0.5, 0.6) is 0 Å². The van der Waals surface area contributed by atoms with Gasteiger partial charge in [-0.05, 0) is 49.8 Å². The largest absolute Gasteiger partial charge is 0.356 e. The van der Waals surface area contributed by atoms with E-state index in [9.17, 15) is 0 Å². The number of rotatable bonds is 5. The van der Waals surface area contributed by atoms with Gasteiger partial charge in [-0.25, -0.2) is 4.98 Å². The normalized spacial score (nSPS) is 24.9. The molecule has 0 aromatic carbocycles. The Kier molecular flexibility index (Phi) is 3.81. The Hall–Kier alpha value is -1.88. The van der Waals surface area contributed by atoms with Crippen LogP contribution in [0.2, 0.25) is 0 Å². The van der Waals surface area contributed by atoms with Crippen molar-refractivity contribution in [3.8, 4) is 11.3 Å². The molecule has 2 fully saturated rings. The standard InChI is InChI=1S/C18H25N5/c1-13(10-19)14-8-16(9-14)23-12-15(11-20-23)17-4-2-5-18(21-17)22-6-3-7-22/h2,4-5,11-14,16H,3,6-10,19H2,1H3. The summed E-state index contributed by atoms with van der Waals surface area (Å²) in [5.41, 5.74) is 7.90. The van der Waals surface area contributed by atoms with Gasteiger partial charge in [-0.15, -0.1) is 0 Å². The van der Waals surface area contributed by atoms with Crippen LogP contribution in [-0.2, 0) is 0 Å². The zero-order valence-corrected chi connectivity index (χ0v) is 13.7. The van der Waals surface area contributed by atoms with E-state index in [-0.39, 0.29) is 0 Å². The number of hydrogen-bond donors (Lipinski definition) is 1. The minimum atomic E-state index is 0.529. The fourth-order valence-electron chi connectivity index (χ4n) is 3.48. The Morgan fingerprint density at radius 3 is 2.83 bits per heavy atom. The molecule has 4 rings (SSSR count). The molecule has 122 valence electrons. The first-order valence-corrected chi connectivity index (χ1v) is 8.71. The molecule has 1 aliphatic heterocycles. The van der Waals surface area contributed by atoms with Gasteiger partial charge in [-0.3, -0.25) is 4.68 Å². The van der Waals surface area contributed by atoms with Crippen molar-refractivity contribution in [1.29, 1.82) is 0 Å². The lowest BCUT2D eigenvalue weighted by Gasteiger charge is -2.38. The van der Waals surface area contributed by atoms with Gasteiger partial charge in [-0.2, -0.15) is 5.10 Å². The molecule has 1 aliphatic carbocycles. The minimum absolute atomic E-state index is 0.529. The van der Waals surface area contributed by atoms with E-state index >= 15 is 0 Å². The van der Waals surface area contributed by atoms with Gasteiger partial charge in [0, 0.05) is 24.8 Å². The average molecular weight is 311 g/mol. The van der Waals surface area contributed by atoms with Crippen LogP contribution in [-0.4, -0.2) is 34.4 Å². The van der Waals surface area contributed by atoms with Crippen molar-refractivity contribution in [3.05, 3.63) is 30.6 Å². The van der Waals surface area contributed by atoms with Gasteiger partial charge >= 0.3 is 0 Å². The number of nitrogens with two attached hydrogens (primary N) is 1. The first kappa shape index (κ1) is 14.7. The highest BCUT2D eigenvalue weighted by Gasteiger charge is 2.34. The average Bonchev–Trinajstić information content (AvgIpc) is 2.93. The lowest BCUT2D eigenvalue weighted by Crippen LogP contribution is -2.37. The molecule has 0 spiro atoms. The zero-order chi connectivity index (χ0) is 15.8. The van der Waals surface area contributed by atoms with Crippen molar-refractivity contribution in [2.45, 2.75) is 32.2 Å². The van der Waals surface area contributed by atoms with E-state index in [4.69, 9.17) is 10.7 Å². The zero-order valence-electron chi connectivity index (χ0n) is 13.7. The molecule has 0 amide bonds. The second-order valence-corrected chi connectivity index (χ2v) is 7.03. The molecule has 5 nitrogen and oxygen atoms in total. The van der Waals surface area contributed by atoms with E-state index in [0.29, 0.717) is 12.0 Å². The predicted molar refractivity (Wildman–Crippen MR) is 92.3 cm³/mol. The van der Waals surface area contributed by atoms with Crippen LogP contribution in [0.1, 0.15) is 32.2 Å². The minimum Gasteiger partial charge on any atom is -0.356 e. The highest BCUT2D eigenvalue weighted by molar-refractivity contribution is 5.60. The Morgan fingerprint density at radius 2 is 2.13 bits per heavy atom. The van der Waals surface area contributed by atoms with Crippen LogP contribution in [0, 0.1) is 11.8 Å². The molecule has 0 bridgehead atoms. The summed E-state index contributed by atoms with van der Waals surface area (Å²) in [6.07, 6.45) is 7.76. The molecule has 1 atom stereocenters. The summed E-state index contributed by atoms with van der Waals surface area (Å²) in [5.74, 6) is 2.46. The number of hydrogen-bond acceptors (Lipinski definition) is 4. The van der Waals surface area contributed by atoms with Crippen LogP contribution in [0.15, 0.2) is 30.6 Å². The van der Waals surface area contributed by atoms with Crippen molar-refractivity contribution >= 4 is 5.82 Å². The molecule has 3 heterocycles. The Morgan fingerprint density at radius 1 is 1.30 bits per heavy atom. The first-order chi connectivity index (χ1) is 11.2. The van der Waals surface area contributed by atoms with Crippen molar-refractivity contribution in [3.63, 3.8) is 0 Å². The van der Waals surface area contributed by atoms with Crippen molar-refractivity contribution in [1.82, 2.24) is 14.8 Å². The number of aromatic nitrogens is 3. The van der Waals surface area contributed by atoms with Gasteiger partial charge in [-0.1, -0.05) is 13.0 Å². The summed E-state index contributed by atoms with van der Waals surface area (Å²) in [7, 11) is 0. The molecule has 1 unspecified atom stereocenters. The summed E-state index contributed by atoms with van der Waals surface area (Å²) in [5, 5.41) is 4.57. The lowest BCUT2D eigenvalue weighted by molar-refractivity contribution is 0.132. The second kappa shape index (κ2) is 5.96. The molecular formula is C18H25N5. The summed E-state index contributed by atoms with van der Waals surface area (Å²) in [4.78, 5) is 7.11. The van der Waals surface area contributed by atoms with Gasteiger partial charge in [0.2, 0.25) is 0 Å². The summed E-state index contributed by atoms with van der Waals surface area (Å²) in [6, 6.07) is 6.79. The third-order valence-corrected chi connectivity index (χ3v) is 5.51. The molecule has 1 saturated carbocycles. The van der Waals surface area contributed by atoms with Crippen LogP contribution in [0.3, 0.4) is 0 Å². The molecule has 2 aromatic rings. The summed E-state index contributed by atoms with van der Waals surface area (Å²) in [6.45, 7) is 5.28. The lowest BCUT2D eigenvalue weighted by atomic mass is 9.73. The van der Waals surface area contributed by atoms with E-state index in [2.05, 4.69) is 46.0 Å². The number of anilines is 1. The van der Waals surface area contributed by atoms with Gasteiger partial charge in [0.15, 0.2) is 0 Å². The predicted octanol–water partition coefficient (Wildman–Crippen LogP) is 2.70. The molecule has 1 saturated heterocycles. The van der Waals surface area contributed by atoms with E-state index in [0.717, 1.165) is 42.6 Å². The van der Waals surface area contributed by atoms with Crippen molar-refractivity contribution in [2.24, 2.45) is 17.6 Å². The number of pyridine rings is 1. The Bertz CT molecular complexity index is 670.